The van der Waals surface area contributed by atoms with E-state index in [0.717, 1.165) is 36.9 Å². The van der Waals surface area contributed by atoms with Gasteiger partial charge in [0.25, 0.3) is 0 Å². The Labute approximate surface area is 175 Å². The van der Waals surface area contributed by atoms with Crippen LogP contribution < -0.4 is 10.6 Å². The largest absolute Gasteiger partial charge is 0.315 e. The predicted molar refractivity (Wildman–Crippen MR) is 120 cm³/mol. The fourth-order valence-corrected chi connectivity index (χ4v) is 4.09. The molecule has 156 valence electrons. The highest BCUT2D eigenvalue weighted by Gasteiger charge is 2.40. The zero-order chi connectivity index (χ0) is 20.9. The van der Waals surface area contributed by atoms with Crippen LogP contribution in [-0.4, -0.2) is 35.1 Å². The fraction of sp³-hybridized carbons (Fsp3) is 0.480. The van der Waals surface area contributed by atoms with Crippen molar-refractivity contribution < 1.29 is 4.79 Å². The quantitative estimate of drug-likeness (QED) is 0.650. The zero-order valence-electron chi connectivity index (χ0n) is 18.2. The smallest absolute Gasteiger partial charge is 0.241 e. The third kappa shape index (κ3) is 5.68. The summed E-state index contributed by atoms with van der Waals surface area (Å²) in [7, 11) is 0. The molecule has 0 aliphatic carbocycles. The molecule has 2 aromatic rings. The van der Waals surface area contributed by atoms with Crippen molar-refractivity contribution in [2.45, 2.75) is 70.7 Å². The number of nitrogens with one attached hydrogen (secondary N) is 2. The second-order valence-electron chi connectivity index (χ2n) is 9.04. The van der Waals surface area contributed by atoms with Crippen molar-refractivity contribution in [3.63, 3.8) is 0 Å². The van der Waals surface area contributed by atoms with E-state index in [1.54, 1.807) is 0 Å². The Balaban J connectivity index is 1.70. The Morgan fingerprint density at radius 2 is 1.52 bits per heavy atom. The molecule has 1 saturated heterocycles. The lowest BCUT2D eigenvalue weighted by atomic mass is 9.96. The number of rotatable bonds is 8. The third-order valence-corrected chi connectivity index (χ3v) is 5.50. The Kier molecular flexibility index (Phi) is 7.09. The summed E-state index contributed by atoms with van der Waals surface area (Å²) in [6.45, 7) is 9.63. The Hall–Kier alpha value is -2.17. The fourth-order valence-electron chi connectivity index (χ4n) is 4.09. The Morgan fingerprint density at radius 1 is 0.966 bits per heavy atom. The molecule has 1 amide bonds. The van der Waals surface area contributed by atoms with Crippen LogP contribution in [0.3, 0.4) is 0 Å². The summed E-state index contributed by atoms with van der Waals surface area (Å²) in [6.07, 6.45) is 3.00. The molecule has 1 heterocycles. The first-order valence-electron chi connectivity index (χ1n) is 10.8. The van der Waals surface area contributed by atoms with Crippen molar-refractivity contribution in [3.05, 3.63) is 71.8 Å². The second-order valence-corrected chi connectivity index (χ2v) is 9.04. The summed E-state index contributed by atoms with van der Waals surface area (Å²) in [5.74, 6) is 0.207. The molecule has 1 aliphatic rings. The summed E-state index contributed by atoms with van der Waals surface area (Å²) in [5.41, 5.74) is 2.44. The average Bonchev–Trinajstić information content (AvgIpc) is 2.97. The normalized spacial score (nSPS) is 19.9. The van der Waals surface area contributed by atoms with E-state index in [1.807, 2.05) is 41.3 Å². The molecule has 0 aromatic heterocycles. The summed E-state index contributed by atoms with van der Waals surface area (Å²) < 4.78 is 0. The van der Waals surface area contributed by atoms with Crippen LogP contribution in [0.2, 0.25) is 0 Å². The SMILES string of the molecule is C[C@@H]1NC(CCCCNC(C)(C)C)C(=O)N1C(c1ccccc1)c1ccccc1. The number of hydrogen-bond acceptors (Lipinski definition) is 3. The van der Waals surface area contributed by atoms with Gasteiger partial charge in [-0.25, -0.2) is 0 Å². The highest BCUT2D eigenvalue weighted by atomic mass is 16.2. The van der Waals surface area contributed by atoms with E-state index in [-0.39, 0.29) is 29.7 Å². The van der Waals surface area contributed by atoms with E-state index >= 15 is 0 Å². The molecule has 0 bridgehead atoms. The van der Waals surface area contributed by atoms with Gasteiger partial charge < -0.3 is 10.2 Å². The number of hydrogen-bond donors (Lipinski definition) is 2. The summed E-state index contributed by atoms with van der Waals surface area (Å²) in [6, 6.07) is 20.5. The van der Waals surface area contributed by atoms with Gasteiger partial charge in [-0.1, -0.05) is 67.1 Å². The monoisotopic (exact) mass is 393 g/mol. The molecule has 4 heteroatoms. The number of nitrogens with zero attached hydrogens (tertiary/aromatic N) is 1. The first-order valence-corrected chi connectivity index (χ1v) is 10.8. The lowest BCUT2D eigenvalue weighted by Gasteiger charge is -2.32. The Bertz CT molecular complexity index is 730. The number of benzene rings is 2. The van der Waals surface area contributed by atoms with E-state index in [9.17, 15) is 4.79 Å². The van der Waals surface area contributed by atoms with Crippen molar-refractivity contribution >= 4 is 5.91 Å². The zero-order valence-corrected chi connectivity index (χ0v) is 18.2. The number of amides is 1. The minimum absolute atomic E-state index is 0.00520. The van der Waals surface area contributed by atoms with Gasteiger partial charge in [0.15, 0.2) is 0 Å². The molecule has 1 fully saturated rings. The standard InChI is InChI=1S/C25H35N3O/c1-19-27-22(17-11-12-18-26-25(2,3)4)24(29)28(19)23(20-13-7-5-8-14-20)21-15-9-6-10-16-21/h5-10,13-16,19,22-23,26-27H,11-12,17-18H2,1-4H3/t19-,22?/m1/s1. The van der Waals surface area contributed by atoms with Crippen LogP contribution in [0.25, 0.3) is 0 Å². The number of unbranched alkanes of at least 4 members (excludes halogenated alkanes) is 1. The molecule has 1 aliphatic heterocycles. The molecule has 1 unspecified atom stereocenters. The van der Waals surface area contributed by atoms with E-state index in [2.05, 4.69) is 62.6 Å². The van der Waals surface area contributed by atoms with Crippen molar-refractivity contribution in [1.82, 2.24) is 15.5 Å². The van der Waals surface area contributed by atoms with Gasteiger partial charge in [-0.2, -0.15) is 0 Å². The van der Waals surface area contributed by atoms with Gasteiger partial charge in [0, 0.05) is 5.54 Å². The van der Waals surface area contributed by atoms with Gasteiger partial charge in [-0.15, -0.1) is 0 Å². The molecular formula is C25H35N3O. The summed E-state index contributed by atoms with van der Waals surface area (Å²) >= 11 is 0. The van der Waals surface area contributed by atoms with Gasteiger partial charge in [0.1, 0.15) is 0 Å². The molecule has 4 nitrogen and oxygen atoms in total. The molecule has 0 spiro atoms. The lowest BCUT2D eigenvalue weighted by Crippen LogP contribution is -2.38. The minimum Gasteiger partial charge on any atom is -0.315 e. The number of carbonyl (C=O) groups is 1. The lowest BCUT2D eigenvalue weighted by molar-refractivity contribution is -0.131. The van der Waals surface area contributed by atoms with E-state index < -0.39 is 0 Å². The molecular weight excluding hydrogens is 358 g/mol. The highest BCUT2D eigenvalue weighted by Crippen LogP contribution is 2.33. The predicted octanol–water partition coefficient (Wildman–Crippen LogP) is 4.48. The Morgan fingerprint density at radius 3 is 2.03 bits per heavy atom. The van der Waals surface area contributed by atoms with Crippen LogP contribution in [0.5, 0.6) is 0 Å². The second kappa shape index (κ2) is 9.55. The van der Waals surface area contributed by atoms with E-state index in [0.29, 0.717) is 0 Å². The molecule has 2 N–H and O–H groups in total. The van der Waals surface area contributed by atoms with Gasteiger partial charge >= 0.3 is 0 Å². The molecule has 29 heavy (non-hydrogen) atoms. The molecule has 3 rings (SSSR count). The third-order valence-electron chi connectivity index (χ3n) is 5.50. The van der Waals surface area contributed by atoms with Crippen molar-refractivity contribution in [2.75, 3.05) is 6.54 Å². The molecule has 0 radical (unpaired) electrons. The average molecular weight is 394 g/mol. The first kappa shape index (κ1) is 21.5. The first-order chi connectivity index (χ1) is 13.9. The molecule has 2 aromatic carbocycles. The van der Waals surface area contributed by atoms with Crippen molar-refractivity contribution in [3.8, 4) is 0 Å². The topological polar surface area (TPSA) is 44.4 Å². The minimum atomic E-state index is -0.102. The van der Waals surface area contributed by atoms with Crippen LogP contribution in [0, 0.1) is 0 Å². The van der Waals surface area contributed by atoms with Crippen molar-refractivity contribution in [2.24, 2.45) is 0 Å². The van der Waals surface area contributed by atoms with E-state index in [4.69, 9.17) is 0 Å². The van der Waals surface area contributed by atoms with Crippen LogP contribution in [0.1, 0.15) is 64.1 Å². The molecule has 2 atom stereocenters. The van der Waals surface area contributed by atoms with Crippen LogP contribution in [0.4, 0.5) is 0 Å². The van der Waals surface area contributed by atoms with E-state index in [1.165, 1.54) is 0 Å². The van der Waals surface area contributed by atoms with Crippen LogP contribution in [0.15, 0.2) is 60.7 Å². The maximum absolute atomic E-state index is 13.4. The summed E-state index contributed by atoms with van der Waals surface area (Å²) in [5, 5.41) is 7.06. The summed E-state index contributed by atoms with van der Waals surface area (Å²) in [4.78, 5) is 15.4. The van der Waals surface area contributed by atoms with Gasteiger partial charge in [-0.3, -0.25) is 10.1 Å². The van der Waals surface area contributed by atoms with Crippen molar-refractivity contribution in [1.29, 1.82) is 0 Å². The van der Waals surface area contributed by atoms with Gasteiger partial charge in [0.05, 0.1) is 18.2 Å². The van der Waals surface area contributed by atoms with Gasteiger partial charge in [0.2, 0.25) is 5.91 Å². The molecule has 0 saturated carbocycles. The maximum atomic E-state index is 13.4. The van der Waals surface area contributed by atoms with Gasteiger partial charge in [-0.05, 0) is 58.2 Å². The number of carbonyl (C=O) groups excluding carboxylic acids is 1. The highest BCUT2D eigenvalue weighted by molar-refractivity contribution is 5.85. The van der Waals surface area contributed by atoms with Crippen LogP contribution >= 0.6 is 0 Å². The maximum Gasteiger partial charge on any atom is 0.241 e. The van der Waals surface area contributed by atoms with Crippen LogP contribution in [-0.2, 0) is 4.79 Å².